The Kier molecular flexibility index (Phi) is 9.51. The summed E-state index contributed by atoms with van der Waals surface area (Å²) in [4.78, 5) is 25.0. The molecule has 14 nitrogen and oxygen atoms in total. The van der Waals surface area contributed by atoms with Gasteiger partial charge in [0.25, 0.3) is 0 Å². The number of fused-ring (bicyclic) bond motifs is 2. The molecule has 11 rings (SSSR count). The number of rotatable bonds is 8. The number of carbonyl (C=O) groups is 2. The summed E-state index contributed by atoms with van der Waals surface area (Å²) < 4.78 is 26.4. The number of Topliss-reactive ketones (excluding diaryl/α,β-unsaturated/α-hetero) is 1. The summed E-state index contributed by atoms with van der Waals surface area (Å²) in [5.41, 5.74) is 9.81. The Morgan fingerprint density at radius 3 is 2.60 bits per heavy atom. The molecule has 62 heavy (non-hydrogen) atoms. The molecule has 4 spiro atoms. The number of aliphatic hydroxyl groups is 4. The fraction of sp³-hybridized carbons (Fsp3) is 0.667. The summed E-state index contributed by atoms with van der Waals surface area (Å²) in [5.74, 6) is -2.08. The molecular weight excluding hydrogens is 797 g/mol. The van der Waals surface area contributed by atoms with Crippen molar-refractivity contribution in [3.05, 3.63) is 57.7 Å². The number of hydrogen-bond acceptors (Lipinski definition) is 13. The lowest BCUT2D eigenvalue weighted by Crippen LogP contribution is -2.81. The highest BCUT2D eigenvalue weighted by atomic mass is 16.7. The van der Waals surface area contributed by atoms with Gasteiger partial charge in [0.15, 0.2) is 5.78 Å². The molecule has 4 heterocycles. The zero-order valence-corrected chi connectivity index (χ0v) is 35.6. The van der Waals surface area contributed by atoms with E-state index >= 15 is 0 Å². The fourth-order valence-corrected chi connectivity index (χ4v) is 15.8. The Morgan fingerprint density at radius 1 is 1.05 bits per heavy atom. The number of carbonyl (C=O) groups excluding carboxylic acids is 1. The van der Waals surface area contributed by atoms with Gasteiger partial charge >= 0.3 is 5.97 Å². The average Bonchev–Trinajstić information content (AvgIpc) is 3.93. The molecule has 334 valence electrons. The van der Waals surface area contributed by atoms with Crippen LogP contribution in [0.3, 0.4) is 0 Å². The van der Waals surface area contributed by atoms with Crippen LogP contribution in [0.2, 0.25) is 0 Å². The quantitative estimate of drug-likeness (QED) is 0.173. The second kappa shape index (κ2) is 14.3. The monoisotopic (exact) mass is 856 g/mol. The molecule has 12 unspecified atom stereocenters. The van der Waals surface area contributed by atoms with Crippen molar-refractivity contribution in [1.82, 2.24) is 10.9 Å². The Bertz CT molecular complexity index is 2300. The van der Waals surface area contributed by atoms with Crippen LogP contribution in [0.5, 0.6) is 11.5 Å². The molecule has 12 atom stereocenters. The van der Waals surface area contributed by atoms with Crippen LogP contribution in [0.4, 0.5) is 0 Å². The van der Waals surface area contributed by atoms with Crippen molar-refractivity contribution < 1.29 is 59.2 Å². The lowest BCUT2D eigenvalue weighted by atomic mass is 9.39. The third-order valence-corrected chi connectivity index (χ3v) is 17.7. The maximum Gasteiger partial charge on any atom is 0.335 e. The third-order valence-electron chi connectivity index (χ3n) is 17.7. The number of phenolic OH excluding ortho intramolecular Hbond substituents is 1. The van der Waals surface area contributed by atoms with E-state index in [-0.39, 0.29) is 75.9 Å². The van der Waals surface area contributed by atoms with Crippen LogP contribution in [0, 0.1) is 40.9 Å². The molecule has 4 saturated carbocycles. The number of carboxylic acids is 1. The lowest BCUT2D eigenvalue weighted by molar-refractivity contribution is -0.327. The van der Waals surface area contributed by atoms with Gasteiger partial charge in [0.05, 0.1) is 36.3 Å². The molecule has 8 N–H and O–H groups in total. The highest BCUT2D eigenvalue weighted by Crippen LogP contribution is 2.74. The molecule has 0 aromatic heterocycles. The van der Waals surface area contributed by atoms with Gasteiger partial charge in [-0.3, -0.25) is 15.6 Å². The second-order valence-corrected chi connectivity index (χ2v) is 20.8. The Balaban J connectivity index is 0.999. The molecule has 0 radical (unpaired) electrons. The van der Waals surface area contributed by atoms with Crippen molar-refractivity contribution in [2.24, 2.45) is 34.0 Å². The maximum atomic E-state index is 12.7. The molecule has 5 aliphatic carbocycles. The van der Waals surface area contributed by atoms with Gasteiger partial charge in [-0.2, -0.15) is 0 Å². The standard InChI is InChI=1S/C48H60N2O12/c1-24-12-27-13-28(42(57)58)14-32(37(27)38(54)35(24)25(2)53)61-43-39(55)41(56)48(34(18-52)62-43)16-31-36-26(20-60-48)6-7-30(36)46(10-5-11-51)23-59-19-29-15-45-21-44(8-3-4-9-44)17-33(45)49-50-47(31,22-45)40(29)46/h7,12-14,29,31,33-34,39-41,43,49-52,54-56H,3-6,8-11,15-23H2,1-2H3,(H,57,58). The Morgan fingerprint density at radius 2 is 1.85 bits per heavy atom. The molecule has 14 heteroatoms. The van der Waals surface area contributed by atoms with Crippen molar-refractivity contribution in [1.29, 1.82) is 0 Å². The van der Waals surface area contributed by atoms with Crippen LogP contribution in [0.1, 0.15) is 110 Å². The van der Waals surface area contributed by atoms with Crippen LogP contribution in [0.25, 0.3) is 10.8 Å². The van der Waals surface area contributed by atoms with Crippen molar-refractivity contribution in [2.45, 2.75) is 133 Å². The van der Waals surface area contributed by atoms with E-state index in [2.05, 4.69) is 16.9 Å². The van der Waals surface area contributed by atoms with E-state index in [4.69, 9.17) is 18.9 Å². The first-order chi connectivity index (χ1) is 29.7. The van der Waals surface area contributed by atoms with Gasteiger partial charge in [-0.05, 0) is 141 Å². The van der Waals surface area contributed by atoms with E-state index in [0.29, 0.717) is 43.1 Å². The number of phenols is 1. The van der Waals surface area contributed by atoms with E-state index in [1.807, 2.05) is 0 Å². The van der Waals surface area contributed by atoms with E-state index in [0.717, 1.165) is 31.3 Å². The van der Waals surface area contributed by atoms with Gasteiger partial charge < -0.3 is 49.6 Å². The number of hydrazine groups is 1. The predicted molar refractivity (Wildman–Crippen MR) is 223 cm³/mol. The van der Waals surface area contributed by atoms with Crippen molar-refractivity contribution >= 4 is 22.5 Å². The SMILES string of the molecule is CC(=O)c1c(C)cc2cc(C(=O)O)cc(OC3OC(CO)C4(CC5C6=C(CC=C6C6(CCCO)COCC7CC89CC%10(CCCC%10)CC8NNC5(C9)C76)CO4)C(O)C3O)c2c1O. The van der Waals surface area contributed by atoms with Gasteiger partial charge in [-0.1, -0.05) is 25.0 Å². The summed E-state index contributed by atoms with van der Waals surface area (Å²) in [6.07, 6.45) is 7.78. The first-order valence-electron chi connectivity index (χ1n) is 22.9. The normalized spacial score (nSPS) is 41.2. The van der Waals surface area contributed by atoms with E-state index in [1.54, 1.807) is 13.0 Å². The van der Waals surface area contributed by atoms with Gasteiger partial charge in [-0.15, -0.1) is 0 Å². The number of carboxylic acid groups (broad SMARTS) is 1. The number of aromatic hydroxyl groups is 1. The fourth-order valence-electron chi connectivity index (χ4n) is 15.8. The minimum absolute atomic E-state index is 0.0250. The van der Waals surface area contributed by atoms with Crippen LogP contribution in [-0.4, -0.2) is 117 Å². The summed E-state index contributed by atoms with van der Waals surface area (Å²) in [7, 11) is 0. The lowest BCUT2D eigenvalue weighted by Gasteiger charge is -2.72. The van der Waals surface area contributed by atoms with E-state index in [1.165, 1.54) is 62.3 Å². The molecule has 4 aliphatic heterocycles. The van der Waals surface area contributed by atoms with Crippen LogP contribution in [0.15, 0.2) is 41.0 Å². The molecule has 9 aliphatic rings. The van der Waals surface area contributed by atoms with E-state index < -0.39 is 59.9 Å². The number of aliphatic hydroxyl groups excluding tert-OH is 4. The van der Waals surface area contributed by atoms with Crippen LogP contribution < -0.4 is 15.6 Å². The number of aryl methyl sites for hydroxylation is 1. The topological polar surface area (TPSA) is 216 Å². The number of ketones is 1. The number of ether oxygens (including phenoxy) is 4. The zero-order valence-electron chi connectivity index (χ0n) is 35.6. The average molecular weight is 857 g/mol. The largest absolute Gasteiger partial charge is 0.506 e. The Labute approximate surface area is 360 Å². The molecule has 0 amide bonds. The number of benzene rings is 2. The smallest absolute Gasteiger partial charge is 0.335 e. The molecular formula is C48H60N2O12. The first kappa shape index (κ1) is 41.3. The summed E-state index contributed by atoms with van der Waals surface area (Å²) >= 11 is 0. The predicted octanol–water partition coefficient (Wildman–Crippen LogP) is 4.36. The maximum absolute atomic E-state index is 12.7. The van der Waals surface area contributed by atoms with Gasteiger partial charge in [0.2, 0.25) is 6.29 Å². The highest BCUT2D eigenvalue weighted by Gasteiger charge is 2.75. The number of hydrogen-bond donors (Lipinski definition) is 8. The second-order valence-electron chi connectivity index (χ2n) is 20.8. The van der Waals surface area contributed by atoms with Crippen LogP contribution >= 0.6 is 0 Å². The van der Waals surface area contributed by atoms with E-state index in [9.17, 15) is 40.2 Å². The van der Waals surface area contributed by atoms with Gasteiger partial charge in [0.1, 0.15) is 35.4 Å². The third kappa shape index (κ3) is 5.54. The van der Waals surface area contributed by atoms with Crippen molar-refractivity contribution in [3.63, 3.8) is 0 Å². The molecule has 7 fully saturated rings. The minimum atomic E-state index is -1.75. The summed E-state index contributed by atoms with van der Waals surface area (Å²) in [6.45, 7) is 3.81. The number of nitrogens with one attached hydrogen (secondary N) is 2. The molecule has 3 saturated heterocycles. The highest BCUT2D eigenvalue weighted by molar-refractivity contribution is 6.08. The van der Waals surface area contributed by atoms with Crippen molar-refractivity contribution in [2.75, 3.05) is 33.0 Å². The van der Waals surface area contributed by atoms with Crippen molar-refractivity contribution in [3.8, 4) is 11.5 Å². The number of aromatic carboxylic acids is 1. The molecule has 2 aromatic carbocycles. The molecule has 2 aromatic rings. The molecule has 2 bridgehead atoms. The summed E-state index contributed by atoms with van der Waals surface area (Å²) in [5, 5.41) is 68.3. The zero-order chi connectivity index (χ0) is 43.1. The number of allylic oxidation sites excluding steroid dienone is 1. The first-order valence-corrected chi connectivity index (χ1v) is 22.9. The summed E-state index contributed by atoms with van der Waals surface area (Å²) in [6, 6.07) is 4.46. The van der Waals surface area contributed by atoms with Crippen LogP contribution in [-0.2, 0) is 14.2 Å². The minimum Gasteiger partial charge on any atom is -0.506 e. The van der Waals surface area contributed by atoms with Gasteiger partial charge in [0, 0.05) is 36.1 Å². The van der Waals surface area contributed by atoms with Gasteiger partial charge in [-0.25, -0.2) is 4.79 Å². The Hall–Kier alpha value is -3.44.